The van der Waals surface area contributed by atoms with Crippen molar-refractivity contribution >= 4 is 33.9 Å². The monoisotopic (exact) mass is 507 g/mol. The lowest BCUT2D eigenvalue weighted by molar-refractivity contribution is -0.0454. The molecule has 0 radical (unpaired) electrons. The Kier molecular flexibility index (Phi) is 5.34. The molecular formula is C26H24F3N7O. The minimum atomic E-state index is -2.91. The average molecular weight is 508 g/mol. The quantitative estimate of drug-likeness (QED) is 0.340. The van der Waals surface area contributed by atoms with E-state index in [2.05, 4.69) is 25.6 Å². The summed E-state index contributed by atoms with van der Waals surface area (Å²) in [6.45, 7) is 3.09. The molecule has 4 aromatic rings. The van der Waals surface area contributed by atoms with Gasteiger partial charge < -0.3 is 21.1 Å². The Hall–Kier alpha value is -4.12. The summed E-state index contributed by atoms with van der Waals surface area (Å²) < 4.78 is 49.8. The fraction of sp³-hybridized carbons (Fsp3) is 0.269. The van der Waals surface area contributed by atoms with Gasteiger partial charge in [0.05, 0.1) is 17.7 Å². The highest BCUT2D eigenvalue weighted by Gasteiger charge is 2.39. The number of nitrogens with one attached hydrogen (secondary N) is 2. The molecule has 2 aromatic heterocycles. The van der Waals surface area contributed by atoms with E-state index >= 15 is 4.39 Å². The molecule has 2 aliphatic heterocycles. The summed E-state index contributed by atoms with van der Waals surface area (Å²) in [6, 6.07) is 6.29. The maximum atomic E-state index is 15.4. The first-order chi connectivity index (χ1) is 17.7. The number of hydrogen-bond donors (Lipinski definition) is 3. The van der Waals surface area contributed by atoms with Gasteiger partial charge >= 0.3 is 0 Å². The van der Waals surface area contributed by atoms with E-state index in [9.17, 15) is 8.78 Å². The van der Waals surface area contributed by atoms with Crippen LogP contribution in [0.15, 0.2) is 36.7 Å². The van der Waals surface area contributed by atoms with Gasteiger partial charge in [-0.25, -0.2) is 19.3 Å². The molecule has 0 fully saturated rings. The van der Waals surface area contributed by atoms with Gasteiger partial charge in [0.15, 0.2) is 5.82 Å². The van der Waals surface area contributed by atoms with E-state index < -0.39 is 11.7 Å². The fourth-order valence-electron chi connectivity index (χ4n) is 4.98. The van der Waals surface area contributed by atoms with E-state index in [0.29, 0.717) is 53.3 Å². The molecule has 0 saturated carbocycles. The highest BCUT2D eigenvalue weighted by molar-refractivity contribution is 5.96. The topological polar surface area (TPSA) is 101 Å². The molecule has 0 aliphatic carbocycles. The van der Waals surface area contributed by atoms with E-state index in [0.717, 1.165) is 11.3 Å². The molecule has 2 aromatic carbocycles. The summed E-state index contributed by atoms with van der Waals surface area (Å²) >= 11 is 0. The fourth-order valence-corrected chi connectivity index (χ4v) is 4.98. The smallest absolute Gasteiger partial charge is 0.285 e. The van der Waals surface area contributed by atoms with Crippen LogP contribution >= 0.6 is 0 Å². The number of nitrogen functional groups attached to an aromatic ring is 1. The standard InChI is InChI=1S/C26H24F3N7O/c1-13-17(9-32-24-23(13)31-5-6-37-24)16-8-20-18(22(30)21(16)27)10-33-25(35-20)34-15-3-4-19-14(7-15)11-36(2)12-26(19,28)29/h3-4,7-10,31H,5-6,11-12,30H2,1-2H3,(H,33,34,35). The maximum absolute atomic E-state index is 15.4. The number of hydrogen-bond acceptors (Lipinski definition) is 8. The van der Waals surface area contributed by atoms with E-state index in [1.807, 2.05) is 6.92 Å². The number of aromatic nitrogens is 3. The Bertz CT molecular complexity index is 1560. The number of alkyl halides is 2. The van der Waals surface area contributed by atoms with Crippen LogP contribution in [0.25, 0.3) is 22.0 Å². The van der Waals surface area contributed by atoms with Gasteiger partial charge in [0.25, 0.3) is 5.92 Å². The van der Waals surface area contributed by atoms with Gasteiger partial charge in [-0.15, -0.1) is 0 Å². The molecule has 190 valence electrons. The van der Waals surface area contributed by atoms with E-state index in [1.165, 1.54) is 12.3 Å². The molecule has 0 unspecified atom stereocenters. The second-order valence-electron chi connectivity index (χ2n) is 9.40. The second-order valence-corrected chi connectivity index (χ2v) is 9.40. The van der Waals surface area contributed by atoms with Crippen molar-refractivity contribution in [3.63, 3.8) is 0 Å². The van der Waals surface area contributed by atoms with Crippen molar-refractivity contribution in [2.45, 2.75) is 19.4 Å². The first kappa shape index (κ1) is 23.3. The zero-order valence-electron chi connectivity index (χ0n) is 20.2. The molecule has 4 N–H and O–H groups in total. The number of nitrogens with two attached hydrogens (primary N) is 1. The van der Waals surface area contributed by atoms with Gasteiger partial charge in [0.1, 0.15) is 12.3 Å². The summed E-state index contributed by atoms with van der Waals surface area (Å²) in [7, 11) is 1.66. The first-order valence-corrected chi connectivity index (χ1v) is 11.8. The van der Waals surface area contributed by atoms with Crippen LogP contribution in [0.1, 0.15) is 16.7 Å². The molecular weight excluding hydrogens is 483 g/mol. The maximum Gasteiger partial charge on any atom is 0.285 e. The lowest BCUT2D eigenvalue weighted by Gasteiger charge is -2.32. The van der Waals surface area contributed by atoms with Crippen molar-refractivity contribution in [3.05, 3.63) is 59.2 Å². The van der Waals surface area contributed by atoms with Gasteiger partial charge in [-0.05, 0) is 43.3 Å². The van der Waals surface area contributed by atoms with Crippen molar-refractivity contribution in [2.75, 3.05) is 43.1 Å². The average Bonchev–Trinajstić information content (AvgIpc) is 2.86. The van der Waals surface area contributed by atoms with Crippen molar-refractivity contribution < 1.29 is 17.9 Å². The molecule has 37 heavy (non-hydrogen) atoms. The zero-order chi connectivity index (χ0) is 25.9. The SMILES string of the molecule is Cc1c(-c2cc3nc(Nc4ccc5c(c4)CN(C)CC5(F)F)ncc3c(N)c2F)cnc2c1NCCO2. The van der Waals surface area contributed by atoms with Crippen LogP contribution < -0.4 is 21.1 Å². The number of likely N-dealkylation sites (N-methyl/N-ethyl adjacent to an activating group) is 1. The van der Waals surface area contributed by atoms with Crippen molar-refractivity contribution in [1.82, 2.24) is 19.9 Å². The second kappa shape index (κ2) is 8.48. The normalized spacial score (nSPS) is 16.5. The molecule has 8 nitrogen and oxygen atoms in total. The van der Waals surface area contributed by atoms with Gasteiger partial charge in [-0.1, -0.05) is 6.07 Å². The number of pyridine rings is 1. The molecule has 0 spiro atoms. The van der Waals surface area contributed by atoms with Gasteiger partial charge in [-0.3, -0.25) is 4.90 Å². The van der Waals surface area contributed by atoms with Crippen LogP contribution in [-0.4, -0.2) is 46.6 Å². The van der Waals surface area contributed by atoms with Gasteiger partial charge in [-0.2, -0.15) is 8.78 Å². The van der Waals surface area contributed by atoms with Crippen LogP contribution in [0.3, 0.4) is 0 Å². The molecule has 0 atom stereocenters. The first-order valence-electron chi connectivity index (χ1n) is 11.8. The van der Waals surface area contributed by atoms with Crippen LogP contribution in [0.5, 0.6) is 5.88 Å². The molecule has 0 saturated heterocycles. The van der Waals surface area contributed by atoms with E-state index in [4.69, 9.17) is 10.5 Å². The summed E-state index contributed by atoms with van der Waals surface area (Å²) in [6.07, 6.45) is 3.01. The molecule has 6 rings (SSSR count). The van der Waals surface area contributed by atoms with Gasteiger partial charge in [0.2, 0.25) is 11.8 Å². The number of rotatable bonds is 3. The lowest BCUT2D eigenvalue weighted by atomic mass is 9.96. The summed E-state index contributed by atoms with van der Waals surface area (Å²) in [5.41, 5.74) is 9.96. The Balaban J connectivity index is 1.38. The summed E-state index contributed by atoms with van der Waals surface area (Å²) in [5, 5.41) is 6.69. The Morgan fingerprint density at radius 2 is 2.00 bits per heavy atom. The number of benzene rings is 2. The van der Waals surface area contributed by atoms with Crippen molar-refractivity contribution in [3.8, 4) is 17.0 Å². The summed E-state index contributed by atoms with van der Waals surface area (Å²) in [4.78, 5) is 14.7. The Morgan fingerprint density at radius 3 is 2.84 bits per heavy atom. The predicted octanol–water partition coefficient (Wildman–Crippen LogP) is 4.81. The van der Waals surface area contributed by atoms with Gasteiger partial charge in [0, 0.05) is 53.2 Å². The third-order valence-electron chi connectivity index (χ3n) is 6.76. The third kappa shape index (κ3) is 3.95. The predicted molar refractivity (Wildman–Crippen MR) is 136 cm³/mol. The summed E-state index contributed by atoms with van der Waals surface area (Å²) in [5.74, 6) is -2.79. The van der Waals surface area contributed by atoms with Crippen LogP contribution in [0.4, 0.5) is 36.2 Å². The number of halogens is 3. The largest absolute Gasteiger partial charge is 0.474 e. The zero-order valence-corrected chi connectivity index (χ0v) is 20.2. The van der Waals surface area contributed by atoms with Crippen molar-refractivity contribution in [2.24, 2.45) is 0 Å². The van der Waals surface area contributed by atoms with E-state index in [-0.39, 0.29) is 29.3 Å². The number of nitrogens with zero attached hydrogens (tertiary/aromatic N) is 4. The highest BCUT2D eigenvalue weighted by atomic mass is 19.3. The molecule has 0 amide bonds. The Morgan fingerprint density at radius 1 is 1.16 bits per heavy atom. The molecule has 4 heterocycles. The number of anilines is 4. The highest BCUT2D eigenvalue weighted by Crippen LogP contribution is 2.40. The van der Waals surface area contributed by atoms with Crippen LogP contribution in [-0.2, 0) is 12.5 Å². The van der Waals surface area contributed by atoms with Crippen molar-refractivity contribution in [1.29, 1.82) is 0 Å². The van der Waals surface area contributed by atoms with Crippen LogP contribution in [0.2, 0.25) is 0 Å². The number of ether oxygens (including phenoxy) is 1. The third-order valence-corrected chi connectivity index (χ3v) is 6.76. The van der Waals surface area contributed by atoms with Crippen LogP contribution in [0, 0.1) is 12.7 Å². The lowest BCUT2D eigenvalue weighted by Crippen LogP contribution is -2.38. The molecule has 11 heteroatoms. The minimum Gasteiger partial charge on any atom is -0.474 e. The van der Waals surface area contributed by atoms with E-state index in [1.54, 1.807) is 36.3 Å². The number of fused-ring (bicyclic) bond motifs is 3. The molecule has 0 bridgehead atoms. The Labute approximate surface area is 210 Å². The molecule has 2 aliphatic rings. The minimum absolute atomic E-state index is 0.0254.